The molecular weight excluding hydrogens is 328 g/mol. The maximum atomic E-state index is 10.8. The first-order chi connectivity index (χ1) is 10.1. The van der Waals surface area contributed by atoms with Crippen molar-refractivity contribution in [1.82, 2.24) is 9.55 Å². The number of halogens is 1. The number of nitrogens with zero attached hydrogens (tertiary/aromatic N) is 2. The van der Waals surface area contributed by atoms with Gasteiger partial charge in [0.1, 0.15) is 11.9 Å². The molecule has 0 saturated carbocycles. The van der Waals surface area contributed by atoms with Crippen LogP contribution < -0.4 is 0 Å². The number of fused-ring (bicyclic) bond motifs is 1. The molecule has 1 heterocycles. The van der Waals surface area contributed by atoms with Gasteiger partial charge in [0.15, 0.2) is 0 Å². The Morgan fingerprint density at radius 3 is 2.43 bits per heavy atom. The molecule has 0 saturated heterocycles. The van der Waals surface area contributed by atoms with Crippen LogP contribution in [0.1, 0.15) is 37.4 Å². The van der Waals surface area contributed by atoms with E-state index in [4.69, 9.17) is 0 Å². The van der Waals surface area contributed by atoms with Crippen LogP contribution in [0, 0.1) is 0 Å². The van der Waals surface area contributed by atoms with E-state index in [9.17, 15) is 5.11 Å². The van der Waals surface area contributed by atoms with Gasteiger partial charge in [-0.05, 0) is 32.0 Å². The highest BCUT2D eigenvalue weighted by molar-refractivity contribution is 9.10. The summed E-state index contributed by atoms with van der Waals surface area (Å²) in [6.07, 6.45) is -0.754. The highest BCUT2D eigenvalue weighted by Crippen LogP contribution is 2.31. The summed E-state index contributed by atoms with van der Waals surface area (Å²) in [4.78, 5) is 4.64. The van der Waals surface area contributed by atoms with E-state index < -0.39 is 6.10 Å². The number of rotatable bonds is 3. The number of benzene rings is 2. The van der Waals surface area contributed by atoms with Gasteiger partial charge in [-0.25, -0.2) is 4.98 Å². The van der Waals surface area contributed by atoms with Crippen LogP contribution in [-0.2, 0) is 0 Å². The lowest BCUT2D eigenvalue weighted by Crippen LogP contribution is -2.12. The third-order valence-electron chi connectivity index (χ3n) is 3.58. The normalized spacial score (nSPS) is 13.0. The Bertz CT molecular complexity index is 779. The van der Waals surface area contributed by atoms with Gasteiger partial charge in [-0.1, -0.05) is 46.3 Å². The van der Waals surface area contributed by atoms with E-state index in [0.29, 0.717) is 5.82 Å². The van der Waals surface area contributed by atoms with Gasteiger partial charge in [-0.2, -0.15) is 0 Å². The van der Waals surface area contributed by atoms with Crippen LogP contribution >= 0.6 is 15.9 Å². The van der Waals surface area contributed by atoms with Crippen molar-refractivity contribution in [3.63, 3.8) is 0 Å². The predicted molar refractivity (Wildman–Crippen MR) is 88.3 cm³/mol. The smallest absolute Gasteiger partial charge is 0.143 e. The highest BCUT2D eigenvalue weighted by atomic mass is 79.9. The van der Waals surface area contributed by atoms with Gasteiger partial charge >= 0.3 is 0 Å². The molecule has 1 atom stereocenters. The van der Waals surface area contributed by atoms with Gasteiger partial charge in [0.25, 0.3) is 0 Å². The molecular formula is C17H17BrN2O. The van der Waals surface area contributed by atoms with Gasteiger partial charge in [0, 0.05) is 16.1 Å². The Balaban J connectivity index is 2.20. The van der Waals surface area contributed by atoms with E-state index >= 15 is 0 Å². The molecule has 0 aliphatic rings. The molecule has 0 spiro atoms. The van der Waals surface area contributed by atoms with Gasteiger partial charge in [0.05, 0.1) is 11.0 Å². The second kappa shape index (κ2) is 5.62. The van der Waals surface area contributed by atoms with E-state index in [1.807, 2.05) is 48.5 Å². The maximum Gasteiger partial charge on any atom is 0.143 e. The fraction of sp³-hybridized carbons (Fsp3) is 0.235. The van der Waals surface area contributed by atoms with Crippen molar-refractivity contribution in [2.24, 2.45) is 0 Å². The summed E-state index contributed by atoms with van der Waals surface area (Å²) in [5.41, 5.74) is 2.79. The topological polar surface area (TPSA) is 38.0 Å². The number of imidazole rings is 1. The molecule has 0 bridgehead atoms. The summed E-state index contributed by atoms with van der Waals surface area (Å²) in [5, 5.41) is 10.8. The van der Waals surface area contributed by atoms with Crippen molar-refractivity contribution < 1.29 is 5.11 Å². The lowest BCUT2D eigenvalue weighted by molar-refractivity contribution is 0.202. The zero-order valence-electron chi connectivity index (χ0n) is 12.0. The Morgan fingerprint density at radius 1 is 1.05 bits per heavy atom. The van der Waals surface area contributed by atoms with Crippen molar-refractivity contribution in [3.05, 3.63) is 64.4 Å². The van der Waals surface area contributed by atoms with Gasteiger partial charge in [0.2, 0.25) is 0 Å². The maximum absolute atomic E-state index is 10.8. The third kappa shape index (κ3) is 2.49. The lowest BCUT2D eigenvalue weighted by Gasteiger charge is -2.18. The van der Waals surface area contributed by atoms with Crippen molar-refractivity contribution in [1.29, 1.82) is 0 Å². The van der Waals surface area contributed by atoms with Crippen LogP contribution in [0.2, 0.25) is 0 Å². The molecule has 0 aliphatic carbocycles. The van der Waals surface area contributed by atoms with E-state index in [2.05, 4.69) is 39.3 Å². The molecule has 0 fully saturated rings. The Labute approximate surface area is 132 Å². The van der Waals surface area contributed by atoms with Crippen LogP contribution in [-0.4, -0.2) is 14.7 Å². The molecule has 1 aromatic heterocycles. The molecule has 3 rings (SSSR count). The number of aliphatic hydroxyl groups excluding tert-OH is 1. The second-order valence-corrected chi connectivity index (χ2v) is 6.20. The lowest BCUT2D eigenvalue weighted by atomic mass is 10.1. The molecule has 1 unspecified atom stereocenters. The first kappa shape index (κ1) is 14.3. The van der Waals surface area contributed by atoms with E-state index in [0.717, 1.165) is 21.1 Å². The Kier molecular flexibility index (Phi) is 3.83. The zero-order chi connectivity index (χ0) is 15.0. The Hall–Kier alpha value is -1.65. The molecule has 3 nitrogen and oxygen atoms in total. The molecule has 2 aromatic carbocycles. The number of aliphatic hydroxyl groups is 1. The van der Waals surface area contributed by atoms with Crippen molar-refractivity contribution >= 4 is 27.0 Å². The van der Waals surface area contributed by atoms with Crippen molar-refractivity contribution in [2.75, 3.05) is 0 Å². The van der Waals surface area contributed by atoms with Gasteiger partial charge in [-0.15, -0.1) is 0 Å². The van der Waals surface area contributed by atoms with Gasteiger partial charge < -0.3 is 9.67 Å². The second-order valence-electron chi connectivity index (χ2n) is 5.35. The van der Waals surface area contributed by atoms with E-state index in [1.165, 1.54) is 0 Å². The highest BCUT2D eigenvalue weighted by Gasteiger charge is 2.22. The van der Waals surface area contributed by atoms with Crippen LogP contribution in [0.3, 0.4) is 0 Å². The van der Waals surface area contributed by atoms with Crippen LogP contribution in [0.15, 0.2) is 53.0 Å². The first-order valence-corrected chi connectivity index (χ1v) is 7.78. The summed E-state index contributed by atoms with van der Waals surface area (Å²) in [7, 11) is 0. The summed E-state index contributed by atoms with van der Waals surface area (Å²) < 4.78 is 2.99. The average molecular weight is 345 g/mol. The third-order valence-corrected chi connectivity index (χ3v) is 4.31. The molecule has 0 radical (unpaired) electrons. The summed E-state index contributed by atoms with van der Waals surface area (Å²) in [6.45, 7) is 4.20. The van der Waals surface area contributed by atoms with Crippen molar-refractivity contribution in [3.8, 4) is 0 Å². The van der Waals surface area contributed by atoms with E-state index in [-0.39, 0.29) is 6.04 Å². The van der Waals surface area contributed by atoms with Crippen LogP contribution in [0.25, 0.3) is 11.0 Å². The molecule has 4 heteroatoms. The number of para-hydroxylation sites is 2. The summed E-state index contributed by atoms with van der Waals surface area (Å²) in [5.74, 6) is 0.679. The number of hydrogen-bond acceptors (Lipinski definition) is 2. The van der Waals surface area contributed by atoms with E-state index in [1.54, 1.807) is 0 Å². The molecule has 1 N–H and O–H groups in total. The van der Waals surface area contributed by atoms with Crippen LogP contribution in [0.4, 0.5) is 0 Å². The minimum atomic E-state index is -0.754. The molecule has 108 valence electrons. The standard InChI is InChI=1S/C17H17BrN2O/c1-11(2)20-15-10-6-5-9-14(15)19-17(20)16(21)12-7-3-4-8-13(12)18/h3-11,16,21H,1-2H3. The Morgan fingerprint density at radius 2 is 1.71 bits per heavy atom. The molecule has 0 amide bonds. The number of aromatic nitrogens is 2. The fourth-order valence-corrected chi connectivity index (χ4v) is 3.14. The number of hydrogen-bond donors (Lipinski definition) is 1. The fourth-order valence-electron chi connectivity index (χ4n) is 2.63. The SMILES string of the molecule is CC(C)n1c(C(O)c2ccccc2Br)nc2ccccc21. The monoisotopic (exact) mass is 344 g/mol. The zero-order valence-corrected chi connectivity index (χ0v) is 13.6. The summed E-state index contributed by atoms with van der Waals surface area (Å²) in [6, 6.07) is 15.9. The average Bonchev–Trinajstić information content (AvgIpc) is 2.86. The van der Waals surface area contributed by atoms with Crippen LogP contribution in [0.5, 0.6) is 0 Å². The van der Waals surface area contributed by atoms with Gasteiger partial charge in [-0.3, -0.25) is 0 Å². The molecule has 3 aromatic rings. The summed E-state index contributed by atoms with van der Waals surface area (Å²) >= 11 is 3.50. The molecule has 0 aliphatic heterocycles. The first-order valence-electron chi connectivity index (χ1n) is 6.99. The van der Waals surface area contributed by atoms with Crippen molar-refractivity contribution in [2.45, 2.75) is 26.0 Å². The largest absolute Gasteiger partial charge is 0.380 e. The minimum absolute atomic E-state index is 0.226. The quantitative estimate of drug-likeness (QED) is 0.761. The molecule has 21 heavy (non-hydrogen) atoms. The predicted octanol–water partition coefficient (Wildman–Crippen LogP) is 4.46. The minimum Gasteiger partial charge on any atom is -0.380 e.